The van der Waals surface area contributed by atoms with E-state index in [0.717, 1.165) is 6.42 Å². The average Bonchev–Trinajstić information content (AvgIpc) is 2.31. The minimum Gasteiger partial charge on any atom is -0.466 e. The molecule has 0 saturated carbocycles. The number of esters is 2. The van der Waals surface area contributed by atoms with Crippen molar-refractivity contribution in [3.05, 3.63) is 0 Å². The fourth-order valence-corrected chi connectivity index (χ4v) is 2.53. The second-order valence-electron chi connectivity index (χ2n) is 8.05. The summed E-state index contributed by atoms with van der Waals surface area (Å²) in [5.74, 6) is -1.15. The SMILES string of the molecule is CCCC(C(=O)OCC)C(C)(C(=O)OC(C)(C)C)C(C)(C)C. The molecular weight excluding hydrogens is 280 g/mol. The van der Waals surface area contributed by atoms with E-state index in [4.69, 9.17) is 9.47 Å². The molecule has 130 valence electrons. The maximum absolute atomic E-state index is 12.9. The molecule has 0 rings (SSSR count). The first kappa shape index (κ1) is 20.9. The lowest BCUT2D eigenvalue weighted by molar-refractivity contribution is -0.186. The standard InChI is InChI=1S/C18H34O4/c1-10-12-13(14(19)21-11-2)18(9,16(3,4)5)15(20)22-17(6,7)8/h13H,10-12H2,1-9H3. The highest BCUT2D eigenvalue weighted by molar-refractivity contribution is 5.86. The Hall–Kier alpha value is -1.06. The van der Waals surface area contributed by atoms with Crippen LogP contribution < -0.4 is 0 Å². The Morgan fingerprint density at radius 3 is 1.77 bits per heavy atom. The summed E-state index contributed by atoms with van der Waals surface area (Å²) >= 11 is 0. The van der Waals surface area contributed by atoms with Crippen LogP contribution in [0.1, 0.15) is 75.2 Å². The van der Waals surface area contributed by atoms with Gasteiger partial charge in [0.1, 0.15) is 5.60 Å². The molecule has 0 heterocycles. The maximum atomic E-state index is 12.9. The number of rotatable bonds is 6. The molecule has 0 fully saturated rings. The van der Waals surface area contributed by atoms with Crippen LogP contribution in [0.15, 0.2) is 0 Å². The summed E-state index contributed by atoms with van der Waals surface area (Å²) in [5.41, 5.74) is -1.96. The van der Waals surface area contributed by atoms with Crippen LogP contribution in [-0.2, 0) is 19.1 Å². The lowest BCUT2D eigenvalue weighted by Gasteiger charge is -2.45. The molecule has 2 atom stereocenters. The molecule has 22 heavy (non-hydrogen) atoms. The first-order valence-corrected chi connectivity index (χ1v) is 8.21. The number of hydrogen-bond acceptors (Lipinski definition) is 4. The van der Waals surface area contributed by atoms with Gasteiger partial charge in [-0.05, 0) is 46.5 Å². The molecule has 0 N–H and O–H groups in total. The fourth-order valence-electron chi connectivity index (χ4n) is 2.53. The smallest absolute Gasteiger partial charge is 0.313 e. The Labute approximate surface area is 135 Å². The van der Waals surface area contributed by atoms with Gasteiger partial charge in [0, 0.05) is 0 Å². The van der Waals surface area contributed by atoms with E-state index in [-0.39, 0.29) is 11.9 Å². The number of carbonyl (C=O) groups excluding carboxylic acids is 2. The molecule has 0 amide bonds. The van der Waals surface area contributed by atoms with Crippen LogP contribution in [0.25, 0.3) is 0 Å². The third-order valence-electron chi connectivity index (χ3n) is 4.23. The second kappa shape index (κ2) is 7.47. The molecule has 0 aromatic heterocycles. The van der Waals surface area contributed by atoms with Crippen LogP contribution in [0.3, 0.4) is 0 Å². The molecule has 0 saturated heterocycles. The largest absolute Gasteiger partial charge is 0.466 e. The van der Waals surface area contributed by atoms with Crippen molar-refractivity contribution in [2.24, 2.45) is 16.7 Å². The Morgan fingerprint density at radius 1 is 0.955 bits per heavy atom. The van der Waals surface area contributed by atoms with E-state index < -0.39 is 22.3 Å². The Balaban J connectivity index is 5.83. The molecule has 0 aliphatic heterocycles. The predicted molar refractivity (Wildman–Crippen MR) is 88.4 cm³/mol. The molecule has 0 radical (unpaired) electrons. The summed E-state index contributed by atoms with van der Waals surface area (Å²) in [6.07, 6.45) is 1.41. The number of carbonyl (C=O) groups is 2. The molecule has 4 nitrogen and oxygen atoms in total. The van der Waals surface area contributed by atoms with Crippen molar-refractivity contribution < 1.29 is 19.1 Å². The van der Waals surface area contributed by atoms with Gasteiger partial charge in [-0.25, -0.2) is 0 Å². The third kappa shape index (κ3) is 4.99. The fraction of sp³-hybridized carbons (Fsp3) is 0.889. The molecule has 4 heteroatoms. The van der Waals surface area contributed by atoms with Crippen LogP contribution in [0.5, 0.6) is 0 Å². The molecule has 0 aromatic rings. The second-order valence-corrected chi connectivity index (χ2v) is 8.05. The lowest BCUT2D eigenvalue weighted by Crippen LogP contribution is -2.52. The van der Waals surface area contributed by atoms with Gasteiger partial charge in [-0.15, -0.1) is 0 Å². The zero-order valence-corrected chi connectivity index (χ0v) is 15.8. The third-order valence-corrected chi connectivity index (χ3v) is 4.23. The summed E-state index contributed by atoms with van der Waals surface area (Å²) in [6, 6.07) is 0. The van der Waals surface area contributed by atoms with Crippen LogP contribution in [0.4, 0.5) is 0 Å². The van der Waals surface area contributed by atoms with Crippen molar-refractivity contribution in [2.75, 3.05) is 6.61 Å². The van der Waals surface area contributed by atoms with Crippen LogP contribution in [0, 0.1) is 16.7 Å². The van der Waals surface area contributed by atoms with Crippen LogP contribution in [-0.4, -0.2) is 24.1 Å². The highest BCUT2D eigenvalue weighted by Crippen LogP contribution is 2.48. The van der Waals surface area contributed by atoms with Gasteiger partial charge >= 0.3 is 11.9 Å². The van der Waals surface area contributed by atoms with Crippen molar-refractivity contribution in [3.63, 3.8) is 0 Å². The van der Waals surface area contributed by atoms with Crippen molar-refractivity contribution >= 4 is 11.9 Å². The summed E-state index contributed by atoms with van der Waals surface area (Å²) < 4.78 is 10.9. The van der Waals surface area contributed by atoms with E-state index in [1.165, 1.54) is 0 Å². The maximum Gasteiger partial charge on any atom is 0.313 e. The van der Waals surface area contributed by atoms with E-state index >= 15 is 0 Å². The number of ether oxygens (including phenoxy) is 2. The predicted octanol–water partition coefficient (Wildman–Crippen LogP) is 4.36. The molecule has 2 unspecified atom stereocenters. The lowest BCUT2D eigenvalue weighted by atomic mass is 9.59. The Morgan fingerprint density at radius 2 is 1.45 bits per heavy atom. The van der Waals surface area contributed by atoms with E-state index in [1.807, 2.05) is 55.4 Å². The van der Waals surface area contributed by atoms with Gasteiger partial charge in [0.15, 0.2) is 0 Å². The monoisotopic (exact) mass is 314 g/mol. The minimum atomic E-state index is -0.942. The van der Waals surface area contributed by atoms with Gasteiger partial charge in [0.2, 0.25) is 0 Å². The normalized spacial score (nSPS) is 16.6. The number of hydrogen-bond donors (Lipinski definition) is 0. The van der Waals surface area contributed by atoms with E-state index in [1.54, 1.807) is 6.92 Å². The van der Waals surface area contributed by atoms with Gasteiger partial charge < -0.3 is 9.47 Å². The first-order chi connectivity index (χ1) is 9.81. The minimum absolute atomic E-state index is 0.312. The molecule has 0 aliphatic rings. The van der Waals surface area contributed by atoms with Crippen molar-refractivity contribution in [1.82, 2.24) is 0 Å². The molecule has 0 bridgehead atoms. The quantitative estimate of drug-likeness (QED) is 0.684. The van der Waals surface area contributed by atoms with Crippen LogP contribution >= 0.6 is 0 Å². The van der Waals surface area contributed by atoms with E-state index in [9.17, 15) is 9.59 Å². The van der Waals surface area contributed by atoms with Crippen LogP contribution in [0.2, 0.25) is 0 Å². The zero-order valence-electron chi connectivity index (χ0n) is 15.8. The van der Waals surface area contributed by atoms with Gasteiger partial charge in [0.05, 0.1) is 17.9 Å². The summed E-state index contributed by atoms with van der Waals surface area (Å²) in [4.78, 5) is 25.4. The molecule has 0 aliphatic carbocycles. The van der Waals surface area contributed by atoms with E-state index in [2.05, 4.69) is 0 Å². The summed E-state index contributed by atoms with van der Waals surface area (Å²) in [6.45, 7) is 17.4. The molecular formula is C18H34O4. The van der Waals surface area contributed by atoms with Gasteiger partial charge in [-0.3, -0.25) is 9.59 Å². The highest BCUT2D eigenvalue weighted by atomic mass is 16.6. The van der Waals surface area contributed by atoms with Gasteiger partial charge in [-0.1, -0.05) is 34.1 Å². The molecule has 0 aromatic carbocycles. The highest BCUT2D eigenvalue weighted by Gasteiger charge is 2.55. The summed E-state index contributed by atoms with van der Waals surface area (Å²) in [5, 5.41) is 0. The first-order valence-electron chi connectivity index (χ1n) is 8.21. The topological polar surface area (TPSA) is 52.6 Å². The van der Waals surface area contributed by atoms with Crippen molar-refractivity contribution in [2.45, 2.75) is 80.8 Å². The zero-order chi connectivity index (χ0) is 17.8. The van der Waals surface area contributed by atoms with Gasteiger partial charge in [-0.2, -0.15) is 0 Å². The van der Waals surface area contributed by atoms with E-state index in [0.29, 0.717) is 13.0 Å². The van der Waals surface area contributed by atoms with Crippen molar-refractivity contribution in [1.29, 1.82) is 0 Å². The Kier molecular flexibility index (Phi) is 7.11. The average molecular weight is 314 g/mol. The van der Waals surface area contributed by atoms with Crippen molar-refractivity contribution in [3.8, 4) is 0 Å². The Bertz CT molecular complexity index is 387. The summed E-state index contributed by atoms with van der Waals surface area (Å²) in [7, 11) is 0. The van der Waals surface area contributed by atoms with Gasteiger partial charge in [0.25, 0.3) is 0 Å². The molecule has 0 spiro atoms.